The Labute approximate surface area is 295 Å². The van der Waals surface area contributed by atoms with Crippen molar-refractivity contribution in [2.75, 3.05) is 0 Å². The monoisotopic (exact) mass is 675 g/mol. The number of nitrogens with two attached hydrogens (primary N) is 2. The molecule has 0 radical (unpaired) electrons. The molecule has 0 aromatic rings. The SMILES string of the molecule is C=NC1CCC(N=C2C=CC(=C)C=C2)CC1.C=NC1CCC(N=C2CCC(=C)CC2)CC1.NC1CCC(N)CC1.O=C1CCC(=O)CC1.[OH-]. The van der Waals surface area contributed by atoms with Crippen LogP contribution < -0.4 is 11.5 Å². The van der Waals surface area contributed by atoms with Crippen molar-refractivity contribution in [3.8, 4) is 0 Å². The zero-order valence-corrected chi connectivity index (χ0v) is 30.0. The summed E-state index contributed by atoms with van der Waals surface area (Å²) in [6.45, 7) is 15.2. The number of carbonyl (C=O) groups is 2. The minimum absolute atomic E-state index is 0. The van der Waals surface area contributed by atoms with Crippen LogP contribution in [0.4, 0.5) is 0 Å². The van der Waals surface area contributed by atoms with E-state index in [1.54, 1.807) is 0 Å². The molecule has 0 unspecified atom stereocenters. The van der Waals surface area contributed by atoms with Gasteiger partial charge in [0.15, 0.2) is 0 Å². The van der Waals surface area contributed by atoms with Crippen LogP contribution in [0.2, 0.25) is 0 Å². The molecule has 0 aromatic heterocycles. The Morgan fingerprint density at radius 1 is 0.510 bits per heavy atom. The first-order valence-electron chi connectivity index (χ1n) is 18.4. The Balaban J connectivity index is 0.000000237. The van der Waals surface area contributed by atoms with Crippen LogP contribution in [-0.2, 0) is 9.59 Å². The van der Waals surface area contributed by atoms with Gasteiger partial charge in [0.05, 0.1) is 17.8 Å². The van der Waals surface area contributed by atoms with Crippen LogP contribution in [0.15, 0.2) is 68.6 Å². The van der Waals surface area contributed by atoms with E-state index in [0.29, 0.717) is 61.9 Å². The van der Waals surface area contributed by atoms with Gasteiger partial charge in [-0.05, 0) is 134 Å². The predicted molar refractivity (Wildman–Crippen MR) is 206 cm³/mol. The van der Waals surface area contributed by atoms with Gasteiger partial charge in [-0.25, -0.2) is 0 Å². The van der Waals surface area contributed by atoms with Gasteiger partial charge in [0.25, 0.3) is 0 Å². The number of aliphatic imine (C=N–C) groups is 4. The van der Waals surface area contributed by atoms with Crippen molar-refractivity contribution in [3.05, 3.63) is 48.6 Å². The number of hydrogen-bond donors (Lipinski definition) is 2. The average molecular weight is 676 g/mol. The topological polar surface area (TPSA) is 166 Å². The third-order valence-electron chi connectivity index (χ3n) is 10.2. The van der Waals surface area contributed by atoms with E-state index < -0.39 is 0 Å². The molecule has 5 saturated carbocycles. The summed E-state index contributed by atoms with van der Waals surface area (Å²) in [6.07, 6.45) is 28.5. The molecular weight excluding hydrogens is 612 g/mol. The average Bonchev–Trinajstić information content (AvgIpc) is 3.11. The molecule has 9 nitrogen and oxygen atoms in total. The zero-order chi connectivity index (χ0) is 34.7. The predicted octanol–water partition coefficient (Wildman–Crippen LogP) is 7.43. The van der Waals surface area contributed by atoms with E-state index in [1.807, 2.05) is 24.3 Å². The lowest BCUT2D eigenvalue weighted by atomic mass is 9.90. The molecule has 6 aliphatic rings. The zero-order valence-electron chi connectivity index (χ0n) is 30.0. The number of nitrogens with zero attached hydrogens (tertiary/aromatic N) is 4. The van der Waals surface area contributed by atoms with Crippen LogP contribution in [0.5, 0.6) is 0 Å². The first-order valence-corrected chi connectivity index (χ1v) is 18.4. The van der Waals surface area contributed by atoms with Crippen molar-refractivity contribution in [2.45, 2.75) is 165 Å². The summed E-state index contributed by atoms with van der Waals surface area (Å²) in [7, 11) is 0. The van der Waals surface area contributed by atoms with Gasteiger partial charge in [-0.1, -0.05) is 30.9 Å². The molecule has 0 spiro atoms. The van der Waals surface area contributed by atoms with E-state index in [1.165, 1.54) is 37.0 Å². The van der Waals surface area contributed by atoms with Gasteiger partial charge in [-0.2, -0.15) is 0 Å². The summed E-state index contributed by atoms with van der Waals surface area (Å²) >= 11 is 0. The Morgan fingerprint density at radius 2 is 0.878 bits per heavy atom. The highest BCUT2D eigenvalue weighted by atomic mass is 16.1. The number of Topliss-reactive ketones (excluding diaryl/α,β-unsaturated/α-hetero) is 2. The minimum atomic E-state index is 0. The van der Waals surface area contributed by atoms with Crippen LogP contribution in [0.3, 0.4) is 0 Å². The largest absolute Gasteiger partial charge is 0.870 e. The van der Waals surface area contributed by atoms with Gasteiger partial charge in [0, 0.05) is 55.6 Å². The number of allylic oxidation sites excluding steroid dienone is 6. The molecule has 9 heteroatoms. The fourth-order valence-electron chi connectivity index (χ4n) is 6.76. The molecular formula is C40H63N6O3-. The van der Waals surface area contributed by atoms with Crippen LogP contribution in [-0.4, -0.2) is 78.2 Å². The van der Waals surface area contributed by atoms with Crippen molar-refractivity contribution >= 4 is 36.4 Å². The standard InChI is InChI=1S/C14H22N2.C14H18N2.C6H14N2.C6H8O2.H2O/c2*1-11-3-5-13(6-4-11)16-14-9-7-12(15-2)8-10-14;2*7-5-1-2-6(8)4-3-5;/h12,14H,1-10H2;3-6,12,14H,1-2,7-10H2;5-6H,1-4,7-8H2;1-4H2;1H2/p-1. The quantitative estimate of drug-likeness (QED) is 0.233. The van der Waals surface area contributed by atoms with Gasteiger partial charge < -0.3 is 16.9 Å². The number of carbonyl (C=O) groups excluding carboxylic acids is 2. The van der Waals surface area contributed by atoms with Crippen molar-refractivity contribution in [2.24, 2.45) is 31.4 Å². The summed E-state index contributed by atoms with van der Waals surface area (Å²) in [4.78, 5) is 38.8. The van der Waals surface area contributed by atoms with E-state index >= 15 is 0 Å². The van der Waals surface area contributed by atoms with Crippen LogP contribution in [0, 0.1) is 0 Å². The van der Waals surface area contributed by atoms with Gasteiger partial charge in [0.2, 0.25) is 0 Å². The number of rotatable bonds is 4. The molecule has 0 aliphatic heterocycles. The molecule has 0 amide bonds. The Bertz CT molecular complexity index is 1140. The summed E-state index contributed by atoms with van der Waals surface area (Å²) < 4.78 is 0. The molecule has 0 aromatic carbocycles. The first kappa shape index (κ1) is 42.0. The first-order chi connectivity index (χ1) is 23.1. The van der Waals surface area contributed by atoms with Crippen molar-refractivity contribution in [1.29, 1.82) is 0 Å². The maximum Gasteiger partial charge on any atom is 0.133 e. The maximum atomic E-state index is 10.5. The fraction of sp³-hybridized carbons (Fsp3) is 0.650. The molecule has 49 heavy (non-hydrogen) atoms. The van der Waals surface area contributed by atoms with E-state index in [9.17, 15) is 9.59 Å². The summed E-state index contributed by atoms with van der Waals surface area (Å²) in [5, 5.41) is 0. The van der Waals surface area contributed by atoms with Crippen LogP contribution in [0.25, 0.3) is 0 Å². The lowest BCUT2D eigenvalue weighted by Crippen LogP contribution is -2.33. The number of ketones is 2. The summed E-state index contributed by atoms with van der Waals surface area (Å²) in [5.41, 5.74) is 16.2. The van der Waals surface area contributed by atoms with Crippen molar-refractivity contribution < 1.29 is 15.1 Å². The highest BCUT2D eigenvalue weighted by molar-refractivity contribution is 6.06. The maximum absolute atomic E-state index is 10.5. The summed E-state index contributed by atoms with van der Waals surface area (Å²) in [6, 6.07) is 2.88. The molecule has 6 aliphatic carbocycles. The van der Waals surface area contributed by atoms with Crippen LogP contribution >= 0.6 is 0 Å². The second-order valence-electron chi connectivity index (χ2n) is 14.3. The van der Waals surface area contributed by atoms with Crippen molar-refractivity contribution in [3.63, 3.8) is 0 Å². The second kappa shape index (κ2) is 23.3. The molecule has 0 heterocycles. The Kier molecular flexibility index (Phi) is 20.0. The fourth-order valence-corrected chi connectivity index (χ4v) is 6.76. The van der Waals surface area contributed by atoms with E-state index in [-0.39, 0.29) is 17.0 Å². The van der Waals surface area contributed by atoms with Crippen molar-refractivity contribution in [1.82, 2.24) is 0 Å². The Hall–Kier alpha value is -3.14. The normalized spacial score (nSPS) is 29.8. The van der Waals surface area contributed by atoms with E-state index in [4.69, 9.17) is 21.5 Å². The lowest BCUT2D eigenvalue weighted by molar-refractivity contribution is -0.128. The van der Waals surface area contributed by atoms with E-state index in [2.05, 4.69) is 36.6 Å². The summed E-state index contributed by atoms with van der Waals surface area (Å²) in [5.74, 6) is 0.481. The van der Waals surface area contributed by atoms with Gasteiger partial charge in [0.1, 0.15) is 11.6 Å². The van der Waals surface area contributed by atoms with Crippen LogP contribution in [0.1, 0.15) is 128 Å². The molecule has 5 fully saturated rings. The van der Waals surface area contributed by atoms with Gasteiger partial charge in [-0.3, -0.25) is 29.6 Å². The van der Waals surface area contributed by atoms with Gasteiger partial charge in [-0.15, -0.1) is 0 Å². The van der Waals surface area contributed by atoms with E-state index in [0.717, 1.165) is 88.3 Å². The van der Waals surface area contributed by atoms with Gasteiger partial charge >= 0.3 is 0 Å². The third kappa shape index (κ3) is 17.4. The second-order valence-corrected chi connectivity index (χ2v) is 14.3. The minimum Gasteiger partial charge on any atom is -0.870 e. The lowest BCUT2D eigenvalue weighted by Gasteiger charge is -2.25. The highest BCUT2D eigenvalue weighted by Crippen LogP contribution is 2.26. The molecule has 0 atom stereocenters. The number of hydrogen-bond acceptors (Lipinski definition) is 9. The molecule has 0 saturated heterocycles. The Morgan fingerprint density at radius 3 is 1.27 bits per heavy atom. The molecule has 0 bridgehead atoms. The smallest absolute Gasteiger partial charge is 0.133 e. The molecule has 6 rings (SSSR count). The third-order valence-corrected chi connectivity index (χ3v) is 10.2. The molecule has 5 N–H and O–H groups in total. The molecule has 272 valence electrons. The highest BCUT2D eigenvalue weighted by Gasteiger charge is 2.21.